The summed E-state index contributed by atoms with van der Waals surface area (Å²) in [5.74, 6) is 0.0691. The van der Waals surface area contributed by atoms with Crippen molar-refractivity contribution in [1.29, 1.82) is 5.26 Å². The van der Waals surface area contributed by atoms with Crippen molar-refractivity contribution in [2.45, 2.75) is 0 Å². The molecule has 0 aliphatic heterocycles. The van der Waals surface area contributed by atoms with Gasteiger partial charge in [-0.05, 0) is 30.3 Å². The molecule has 22 heavy (non-hydrogen) atoms. The zero-order chi connectivity index (χ0) is 15.9. The minimum Gasteiger partial charge on any atom is -0.484 e. The summed E-state index contributed by atoms with van der Waals surface area (Å²) in [5.41, 5.74) is 0.641. The van der Waals surface area contributed by atoms with Gasteiger partial charge in [0.25, 0.3) is 5.91 Å². The second-order valence-electron chi connectivity index (χ2n) is 4.37. The van der Waals surface area contributed by atoms with Gasteiger partial charge in [0.1, 0.15) is 12.3 Å². The first-order valence-electron chi connectivity index (χ1n) is 6.41. The zero-order valence-electron chi connectivity index (χ0n) is 11.5. The lowest BCUT2D eigenvalue weighted by molar-refractivity contribution is -0.120. The van der Waals surface area contributed by atoms with Gasteiger partial charge in [0.2, 0.25) is 0 Å². The summed E-state index contributed by atoms with van der Waals surface area (Å²) in [7, 11) is 0. The number of para-hydroxylation sites is 1. The van der Waals surface area contributed by atoms with Gasteiger partial charge in [-0.15, -0.1) is 0 Å². The van der Waals surface area contributed by atoms with Crippen molar-refractivity contribution in [2.75, 3.05) is 18.1 Å². The number of benzene rings is 2. The minimum absolute atomic E-state index is 0.0531. The first-order valence-corrected chi connectivity index (χ1v) is 7.17. The van der Waals surface area contributed by atoms with E-state index in [4.69, 9.17) is 33.2 Å². The van der Waals surface area contributed by atoms with Gasteiger partial charge in [-0.1, -0.05) is 41.4 Å². The van der Waals surface area contributed by atoms with Crippen molar-refractivity contribution in [1.82, 2.24) is 0 Å². The van der Waals surface area contributed by atoms with Crippen LogP contribution in [0.2, 0.25) is 10.0 Å². The molecular weight excluding hydrogens is 323 g/mol. The number of anilines is 1. The summed E-state index contributed by atoms with van der Waals surface area (Å²) in [6.45, 7) is -0.268. The number of carbonyl (C=O) groups is 1. The fourth-order valence-corrected chi connectivity index (χ4v) is 2.34. The lowest BCUT2D eigenvalue weighted by Crippen LogP contribution is -2.35. The normalized spacial score (nSPS) is 9.86. The van der Waals surface area contributed by atoms with Crippen LogP contribution in [0.15, 0.2) is 48.5 Å². The first kappa shape index (κ1) is 16.2. The Morgan fingerprint density at radius 3 is 2.36 bits per heavy atom. The van der Waals surface area contributed by atoms with Crippen LogP contribution in [0.4, 0.5) is 5.69 Å². The molecule has 6 heteroatoms. The Morgan fingerprint density at radius 1 is 1.14 bits per heavy atom. The SMILES string of the molecule is N#CCN(C(=O)COc1cc(Cl)cc(Cl)c1)c1ccccc1. The molecule has 4 nitrogen and oxygen atoms in total. The topological polar surface area (TPSA) is 53.3 Å². The lowest BCUT2D eigenvalue weighted by Gasteiger charge is -2.19. The van der Waals surface area contributed by atoms with E-state index in [0.29, 0.717) is 21.5 Å². The molecule has 0 aromatic heterocycles. The highest BCUT2D eigenvalue weighted by Gasteiger charge is 2.16. The molecule has 0 spiro atoms. The third kappa shape index (κ3) is 4.39. The highest BCUT2D eigenvalue weighted by atomic mass is 35.5. The van der Waals surface area contributed by atoms with Gasteiger partial charge in [0, 0.05) is 15.7 Å². The summed E-state index contributed by atoms with van der Waals surface area (Å²) in [6, 6.07) is 15.6. The van der Waals surface area contributed by atoms with Crippen LogP contribution in [0.1, 0.15) is 0 Å². The Labute approximate surface area is 138 Å². The van der Waals surface area contributed by atoms with E-state index in [2.05, 4.69) is 0 Å². The number of rotatable bonds is 5. The molecule has 0 N–H and O–H groups in total. The number of hydrogen-bond donors (Lipinski definition) is 0. The Bertz CT molecular complexity index is 679. The minimum atomic E-state index is -0.330. The molecular formula is C16H12Cl2N2O2. The number of hydrogen-bond acceptors (Lipinski definition) is 3. The molecule has 2 rings (SSSR count). The summed E-state index contributed by atoms with van der Waals surface area (Å²) in [6.07, 6.45) is 0. The smallest absolute Gasteiger partial charge is 0.265 e. The Kier molecular flexibility index (Phi) is 5.65. The van der Waals surface area contributed by atoms with Crippen LogP contribution in [0.5, 0.6) is 5.75 Å². The number of nitriles is 1. The lowest BCUT2D eigenvalue weighted by atomic mass is 10.3. The Balaban J connectivity index is 2.07. The van der Waals surface area contributed by atoms with Crippen LogP contribution in [-0.4, -0.2) is 19.1 Å². The summed E-state index contributed by atoms with van der Waals surface area (Å²) < 4.78 is 5.41. The first-order chi connectivity index (χ1) is 10.6. The fraction of sp³-hybridized carbons (Fsp3) is 0.125. The van der Waals surface area contributed by atoms with Crippen LogP contribution in [0.3, 0.4) is 0 Å². The molecule has 112 valence electrons. The maximum absolute atomic E-state index is 12.3. The molecule has 0 aliphatic rings. The van der Waals surface area contributed by atoms with Gasteiger partial charge in [0.15, 0.2) is 6.61 Å². The molecule has 1 amide bonds. The maximum Gasteiger partial charge on any atom is 0.265 e. The number of nitrogens with zero attached hydrogens (tertiary/aromatic N) is 2. The van der Waals surface area contributed by atoms with Crippen molar-refractivity contribution in [3.63, 3.8) is 0 Å². The van der Waals surface area contributed by atoms with E-state index < -0.39 is 0 Å². The van der Waals surface area contributed by atoms with E-state index in [9.17, 15) is 4.79 Å². The molecule has 2 aromatic carbocycles. The standard InChI is InChI=1S/C16H12Cl2N2O2/c17-12-8-13(18)10-15(9-12)22-11-16(21)20(7-6-19)14-4-2-1-3-5-14/h1-5,8-10H,7,11H2. The summed E-state index contributed by atoms with van der Waals surface area (Å²) >= 11 is 11.7. The maximum atomic E-state index is 12.3. The largest absolute Gasteiger partial charge is 0.484 e. The van der Waals surface area contributed by atoms with Gasteiger partial charge in [-0.3, -0.25) is 9.69 Å². The van der Waals surface area contributed by atoms with Crippen molar-refractivity contribution < 1.29 is 9.53 Å². The predicted octanol–water partition coefficient (Wildman–Crippen LogP) is 3.93. The van der Waals surface area contributed by atoms with Gasteiger partial charge in [-0.2, -0.15) is 5.26 Å². The predicted molar refractivity (Wildman–Crippen MR) is 86.4 cm³/mol. The van der Waals surface area contributed by atoms with E-state index >= 15 is 0 Å². The average Bonchev–Trinajstić information content (AvgIpc) is 2.50. The molecule has 0 bridgehead atoms. The molecule has 0 radical (unpaired) electrons. The van der Waals surface area contributed by atoms with Gasteiger partial charge in [0.05, 0.1) is 6.07 Å². The van der Waals surface area contributed by atoms with Crippen LogP contribution >= 0.6 is 23.2 Å². The highest BCUT2D eigenvalue weighted by molar-refractivity contribution is 6.34. The van der Waals surface area contributed by atoms with Gasteiger partial charge < -0.3 is 4.74 Å². The molecule has 0 heterocycles. The summed E-state index contributed by atoms with van der Waals surface area (Å²) in [5, 5.41) is 9.73. The molecule has 0 unspecified atom stereocenters. The van der Waals surface area contributed by atoms with E-state index in [0.717, 1.165) is 0 Å². The molecule has 0 fully saturated rings. The van der Waals surface area contributed by atoms with Gasteiger partial charge >= 0.3 is 0 Å². The molecule has 2 aromatic rings. The molecule has 0 saturated heterocycles. The van der Waals surface area contributed by atoms with Gasteiger partial charge in [-0.25, -0.2) is 0 Å². The number of amides is 1. The number of halogens is 2. The summed E-state index contributed by atoms with van der Waals surface area (Å²) in [4.78, 5) is 13.6. The van der Waals surface area contributed by atoms with Crippen LogP contribution < -0.4 is 9.64 Å². The van der Waals surface area contributed by atoms with Crippen molar-refractivity contribution >= 4 is 34.8 Å². The van der Waals surface area contributed by atoms with Crippen molar-refractivity contribution in [2.24, 2.45) is 0 Å². The van der Waals surface area contributed by atoms with Crippen LogP contribution in [-0.2, 0) is 4.79 Å². The molecule has 0 atom stereocenters. The number of ether oxygens (including phenoxy) is 1. The second kappa shape index (κ2) is 7.69. The van der Waals surface area contributed by atoms with E-state index in [1.54, 1.807) is 42.5 Å². The van der Waals surface area contributed by atoms with Crippen molar-refractivity contribution in [3.05, 3.63) is 58.6 Å². The van der Waals surface area contributed by atoms with E-state index in [1.165, 1.54) is 4.90 Å². The highest BCUT2D eigenvalue weighted by Crippen LogP contribution is 2.24. The molecule has 0 saturated carbocycles. The third-order valence-corrected chi connectivity index (χ3v) is 3.23. The van der Waals surface area contributed by atoms with E-state index in [-0.39, 0.29) is 19.1 Å². The third-order valence-electron chi connectivity index (χ3n) is 2.80. The van der Waals surface area contributed by atoms with E-state index in [1.807, 2.05) is 12.1 Å². The Morgan fingerprint density at radius 2 is 1.77 bits per heavy atom. The second-order valence-corrected chi connectivity index (χ2v) is 5.24. The monoisotopic (exact) mass is 334 g/mol. The fourth-order valence-electron chi connectivity index (χ4n) is 1.84. The van der Waals surface area contributed by atoms with Crippen molar-refractivity contribution in [3.8, 4) is 11.8 Å². The van der Waals surface area contributed by atoms with Crippen LogP contribution in [0.25, 0.3) is 0 Å². The quantitative estimate of drug-likeness (QED) is 0.778. The zero-order valence-corrected chi connectivity index (χ0v) is 13.0. The average molecular weight is 335 g/mol. The molecule has 0 aliphatic carbocycles. The Hall–Kier alpha value is -2.22. The van der Waals surface area contributed by atoms with Crippen LogP contribution in [0, 0.1) is 11.3 Å². The number of carbonyl (C=O) groups excluding carboxylic acids is 1.